The van der Waals surface area contributed by atoms with E-state index in [4.69, 9.17) is 5.11 Å². The number of carbonyl (C=O) groups excluding carboxylic acids is 1. The molecule has 26 heavy (non-hydrogen) atoms. The summed E-state index contributed by atoms with van der Waals surface area (Å²) in [4.78, 5) is 11.6. The molecule has 0 bridgehead atoms. The predicted octanol–water partition coefficient (Wildman–Crippen LogP) is 4.28. The minimum absolute atomic E-state index is 0.128. The van der Waals surface area contributed by atoms with Crippen LogP contribution >= 0.6 is 0 Å². The molecule has 0 atom stereocenters. The fourth-order valence-corrected chi connectivity index (χ4v) is 2.90. The van der Waals surface area contributed by atoms with Gasteiger partial charge < -0.3 is 14.4 Å². The predicted molar refractivity (Wildman–Crippen MR) is 105 cm³/mol. The van der Waals surface area contributed by atoms with Gasteiger partial charge >= 0.3 is 0 Å². The summed E-state index contributed by atoms with van der Waals surface area (Å²) in [6, 6.07) is 20.0. The van der Waals surface area contributed by atoms with Gasteiger partial charge in [-0.3, -0.25) is 4.79 Å². The molecule has 0 amide bonds. The van der Waals surface area contributed by atoms with E-state index >= 15 is 0 Å². The lowest BCUT2D eigenvalue weighted by Gasteiger charge is -2.12. The van der Waals surface area contributed by atoms with Gasteiger partial charge in [0.1, 0.15) is 0 Å². The van der Waals surface area contributed by atoms with Crippen LogP contribution in [0.4, 0.5) is 0 Å². The van der Waals surface area contributed by atoms with Crippen LogP contribution in [0.2, 0.25) is 0 Å². The fourth-order valence-electron chi connectivity index (χ4n) is 2.90. The Labute approximate surface area is 154 Å². The molecule has 0 saturated carbocycles. The Kier molecular flexibility index (Phi) is 7.80. The van der Waals surface area contributed by atoms with Crippen molar-refractivity contribution in [1.82, 2.24) is 4.57 Å². The number of aromatic nitrogens is 1. The lowest BCUT2D eigenvalue weighted by atomic mass is 9.98. The zero-order valence-electron chi connectivity index (χ0n) is 15.3. The van der Waals surface area contributed by atoms with Crippen molar-refractivity contribution in [2.45, 2.75) is 13.0 Å². The number of hydrogen-bond donors (Lipinski definition) is 1. The molecule has 0 aliphatic rings. The Balaban J connectivity index is 0.000000758. The average molecular weight is 351 g/mol. The van der Waals surface area contributed by atoms with E-state index in [2.05, 4.69) is 9.30 Å². The third-order valence-electron chi connectivity index (χ3n) is 3.90. The first-order valence-electron chi connectivity index (χ1n) is 8.57. The van der Waals surface area contributed by atoms with Crippen molar-refractivity contribution >= 4 is 6.29 Å². The van der Waals surface area contributed by atoms with E-state index in [-0.39, 0.29) is 6.61 Å². The molecule has 0 saturated heterocycles. The van der Waals surface area contributed by atoms with Gasteiger partial charge in [-0.15, -0.1) is 0 Å². The molecule has 0 fully saturated rings. The van der Waals surface area contributed by atoms with Gasteiger partial charge in [-0.2, -0.15) is 0 Å². The van der Waals surface area contributed by atoms with Crippen LogP contribution in [0.1, 0.15) is 16.8 Å². The second-order valence-corrected chi connectivity index (χ2v) is 5.84. The number of aryl methyl sites for hydroxylation is 1. The third kappa shape index (κ3) is 4.69. The SMILES string of the molecule is COC.O=Cc1cn(CCCO)c(-c2ccccc2)c1-c1ccccc1. The Morgan fingerprint density at radius 3 is 2.00 bits per heavy atom. The van der Waals surface area contributed by atoms with E-state index in [1.807, 2.05) is 66.9 Å². The van der Waals surface area contributed by atoms with Gasteiger partial charge in [0.05, 0.1) is 5.69 Å². The number of aliphatic hydroxyl groups excluding tert-OH is 1. The van der Waals surface area contributed by atoms with Crippen LogP contribution in [-0.4, -0.2) is 36.8 Å². The van der Waals surface area contributed by atoms with Crippen molar-refractivity contribution in [3.63, 3.8) is 0 Å². The van der Waals surface area contributed by atoms with Gasteiger partial charge in [-0.25, -0.2) is 0 Å². The van der Waals surface area contributed by atoms with Crippen LogP contribution in [0.3, 0.4) is 0 Å². The topological polar surface area (TPSA) is 51.5 Å². The second-order valence-electron chi connectivity index (χ2n) is 5.84. The molecule has 2 aromatic carbocycles. The number of hydrogen-bond acceptors (Lipinski definition) is 3. The maximum absolute atomic E-state index is 11.6. The summed E-state index contributed by atoms with van der Waals surface area (Å²) in [6.07, 6.45) is 3.44. The van der Waals surface area contributed by atoms with Crippen LogP contribution in [0.5, 0.6) is 0 Å². The molecule has 0 unspecified atom stereocenters. The highest BCUT2D eigenvalue weighted by molar-refractivity contribution is 5.95. The zero-order chi connectivity index (χ0) is 18.8. The zero-order valence-corrected chi connectivity index (χ0v) is 15.3. The highest BCUT2D eigenvalue weighted by atomic mass is 16.4. The van der Waals surface area contributed by atoms with E-state index in [0.29, 0.717) is 18.5 Å². The maximum Gasteiger partial charge on any atom is 0.152 e. The number of rotatable bonds is 6. The lowest BCUT2D eigenvalue weighted by molar-refractivity contribution is 0.112. The number of aliphatic hydroxyl groups is 1. The summed E-state index contributed by atoms with van der Waals surface area (Å²) in [5.74, 6) is 0. The first-order valence-corrected chi connectivity index (χ1v) is 8.57. The monoisotopic (exact) mass is 351 g/mol. The van der Waals surface area contributed by atoms with E-state index in [1.54, 1.807) is 14.2 Å². The largest absolute Gasteiger partial charge is 0.396 e. The molecule has 1 N–H and O–H groups in total. The fraction of sp³-hybridized carbons (Fsp3) is 0.227. The van der Waals surface area contributed by atoms with Crippen molar-refractivity contribution in [2.75, 3.05) is 20.8 Å². The molecule has 4 heteroatoms. The summed E-state index contributed by atoms with van der Waals surface area (Å²) >= 11 is 0. The van der Waals surface area contributed by atoms with Crippen molar-refractivity contribution in [3.05, 3.63) is 72.4 Å². The Bertz CT molecular complexity index is 795. The minimum Gasteiger partial charge on any atom is -0.396 e. The summed E-state index contributed by atoms with van der Waals surface area (Å²) in [5, 5.41) is 9.16. The number of aldehydes is 1. The van der Waals surface area contributed by atoms with Gasteiger partial charge in [0, 0.05) is 44.7 Å². The van der Waals surface area contributed by atoms with E-state index in [9.17, 15) is 4.79 Å². The first kappa shape index (κ1) is 19.6. The molecular formula is C22H25NO3. The van der Waals surface area contributed by atoms with E-state index in [0.717, 1.165) is 28.7 Å². The number of methoxy groups -OCH3 is 1. The van der Waals surface area contributed by atoms with Gasteiger partial charge in [-0.05, 0) is 17.5 Å². The van der Waals surface area contributed by atoms with Gasteiger partial charge in [0.25, 0.3) is 0 Å². The third-order valence-corrected chi connectivity index (χ3v) is 3.90. The van der Waals surface area contributed by atoms with Gasteiger partial charge in [-0.1, -0.05) is 60.7 Å². The number of carbonyl (C=O) groups is 1. The molecule has 3 rings (SSSR count). The quantitative estimate of drug-likeness (QED) is 0.675. The summed E-state index contributed by atoms with van der Waals surface area (Å²) in [7, 11) is 3.25. The molecule has 136 valence electrons. The Morgan fingerprint density at radius 1 is 0.962 bits per heavy atom. The van der Waals surface area contributed by atoms with Crippen LogP contribution in [-0.2, 0) is 11.3 Å². The minimum atomic E-state index is 0.128. The van der Waals surface area contributed by atoms with Crippen molar-refractivity contribution in [1.29, 1.82) is 0 Å². The number of benzene rings is 2. The molecule has 1 aromatic heterocycles. The molecular weight excluding hydrogens is 326 g/mol. The molecule has 3 aromatic rings. The Morgan fingerprint density at radius 2 is 1.50 bits per heavy atom. The number of nitrogens with zero attached hydrogens (tertiary/aromatic N) is 1. The molecule has 0 aliphatic heterocycles. The van der Waals surface area contributed by atoms with Crippen LogP contribution in [0, 0.1) is 0 Å². The van der Waals surface area contributed by atoms with E-state index in [1.165, 1.54) is 0 Å². The maximum atomic E-state index is 11.6. The van der Waals surface area contributed by atoms with Gasteiger partial charge in [0.2, 0.25) is 0 Å². The highest BCUT2D eigenvalue weighted by Gasteiger charge is 2.18. The number of ether oxygens (including phenoxy) is 1. The first-order chi connectivity index (χ1) is 12.8. The van der Waals surface area contributed by atoms with Crippen LogP contribution in [0.25, 0.3) is 22.4 Å². The standard InChI is InChI=1S/C20H19NO2.C2H6O/c22-13-7-12-21-14-18(15-23)19(16-8-3-1-4-9-16)20(21)17-10-5-2-6-11-17;1-3-2/h1-6,8-11,14-15,22H,7,12-13H2;1-2H3. The molecule has 1 heterocycles. The van der Waals surface area contributed by atoms with Crippen LogP contribution in [0.15, 0.2) is 66.9 Å². The Hall–Kier alpha value is -2.69. The summed E-state index contributed by atoms with van der Waals surface area (Å²) in [5.41, 5.74) is 4.73. The molecule has 0 aliphatic carbocycles. The lowest BCUT2D eigenvalue weighted by Crippen LogP contribution is -2.01. The van der Waals surface area contributed by atoms with Crippen molar-refractivity contribution < 1.29 is 14.6 Å². The average Bonchev–Trinajstić information content (AvgIpc) is 3.07. The van der Waals surface area contributed by atoms with Crippen LogP contribution < -0.4 is 0 Å². The van der Waals surface area contributed by atoms with E-state index < -0.39 is 0 Å². The molecule has 0 spiro atoms. The van der Waals surface area contributed by atoms with Gasteiger partial charge in [0.15, 0.2) is 6.29 Å². The summed E-state index contributed by atoms with van der Waals surface area (Å²) in [6.45, 7) is 0.803. The molecule has 0 radical (unpaired) electrons. The van der Waals surface area contributed by atoms with Crippen molar-refractivity contribution in [3.8, 4) is 22.4 Å². The molecule has 4 nitrogen and oxygen atoms in total. The van der Waals surface area contributed by atoms with Crippen molar-refractivity contribution in [2.24, 2.45) is 0 Å². The normalized spacial score (nSPS) is 10.1. The summed E-state index contributed by atoms with van der Waals surface area (Å²) < 4.78 is 6.32. The highest BCUT2D eigenvalue weighted by Crippen LogP contribution is 2.36. The smallest absolute Gasteiger partial charge is 0.152 e. The second kappa shape index (κ2) is 10.3.